The second-order valence-electron chi connectivity index (χ2n) is 17.8. The van der Waals surface area contributed by atoms with Crippen LogP contribution in [-0.4, -0.2) is 10.2 Å². The maximum absolute atomic E-state index is 11.6. The van der Waals surface area contributed by atoms with Crippen LogP contribution in [0.25, 0.3) is 22.3 Å². The van der Waals surface area contributed by atoms with Gasteiger partial charge in [0, 0.05) is 32.0 Å². The van der Waals surface area contributed by atoms with Gasteiger partial charge in [0.15, 0.2) is 0 Å². The summed E-state index contributed by atoms with van der Waals surface area (Å²) < 4.78 is 0. The number of benzene rings is 4. The van der Waals surface area contributed by atoms with Crippen molar-refractivity contribution in [2.45, 2.75) is 142 Å². The first-order chi connectivity index (χ1) is 21.3. The van der Waals surface area contributed by atoms with Crippen molar-refractivity contribution in [2.75, 3.05) is 0 Å². The summed E-state index contributed by atoms with van der Waals surface area (Å²) in [5, 5.41) is 23.1. The SMILES string of the molecule is Cc1cc(-c2cc(C(C)(C)C)cc(C(C)(C)C)c2O)cc(C)c1Sc1c(C)cc(-c2cc(C(C)(C)C)cc(C(C)(C)C)c2O)cc1C. The van der Waals surface area contributed by atoms with Crippen molar-refractivity contribution in [3.8, 4) is 33.8 Å². The highest BCUT2D eigenvalue weighted by atomic mass is 32.2. The maximum Gasteiger partial charge on any atom is 0.127 e. The quantitative estimate of drug-likeness (QED) is 0.231. The van der Waals surface area contributed by atoms with Crippen LogP contribution in [0.4, 0.5) is 0 Å². The van der Waals surface area contributed by atoms with Crippen molar-refractivity contribution < 1.29 is 10.2 Å². The monoisotopic (exact) mass is 650 g/mol. The van der Waals surface area contributed by atoms with Crippen molar-refractivity contribution >= 4 is 11.8 Å². The van der Waals surface area contributed by atoms with Gasteiger partial charge in [-0.2, -0.15) is 0 Å². The van der Waals surface area contributed by atoms with Gasteiger partial charge < -0.3 is 10.2 Å². The topological polar surface area (TPSA) is 40.5 Å². The third-order valence-corrected chi connectivity index (χ3v) is 11.0. The lowest BCUT2D eigenvalue weighted by molar-refractivity contribution is 0.446. The van der Waals surface area contributed by atoms with Crippen molar-refractivity contribution in [3.63, 3.8) is 0 Å². The van der Waals surface area contributed by atoms with Gasteiger partial charge in [0.05, 0.1) is 0 Å². The van der Waals surface area contributed by atoms with E-state index in [2.05, 4.69) is 159 Å². The Labute approximate surface area is 290 Å². The molecule has 0 bridgehead atoms. The average Bonchev–Trinajstić information content (AvgIpc) is 2.89. The molecule has 0 unspecified atom stereocenters. The van der Waals surface area contributed by atoms with Crippen LogP contribution in [0.15, 0.2) is 58.3 Å². The molecule has 0 heterocycles. The highest BCUT2D eigenvalue weighted by Crippen LogP contribution is 2.47. The molecule has 252 valence electrons. The molecule has 0 saturated carbocycles. The number of aromatic hydroxyl groups is 2. The zero-order valence-electron chi connectivity index (χ0n) is 31.9. The molecule has 0 radical (unpaired) electrons. The Morgan fingerprint density at radius 1 is 0.404 bits per heavy atom. The summed E-state index contributed by atoms with van der Waals surface area (Å²) in [6.45, 7) is 35.1. The fourth-order valence-corrected chi connectivity index (χ4v) is 7.44. The first-order valence-electron chi connectivity index (χ1n) is 17.0. The summed E-state index contributed by atoms with van der Waals surface area (Å²) in [6.07, 6.45) is 0. The molecule has 0 aliphatic rings. The highest BCUT2D eigenvalue weighted by molar-refractivity contribution is 7.99. The second kappa shape index (κ2) is 12.4. The minimum atomic E-state index is -0.180. The van der Waals surface area contributed by atoms with E-state index in [0.29, 0.717) is 11.5 Å². The maximum atomic E-state index is 11.6. The lowest BCUT2D eigenvalue weighted by Gasteiger charge is -2.28. The van der Waals surface area contributed by atoms with Crippen LogP contribution < -0.4 is 0 Å². The third kappa shape index (κ3) is 7.62. The minimum Gasteiger partial charge on any atom is -0.507 e. The largest absolute Gasteiger partial charge is 0.507 e. The van der Waals surface area contributed by atoms with Gasteiger partial charge in [0.1, 0.15) is 11.5 Å². The van der Waals surface area contributed by atoms with Crippen LogP contribution in [0.2, 0.25) is 0 Å². The molecular weight excluding hydrogens is 593 g/mol. The Morgan fingerprint density at radius 2 is 0.681 bits per heavy atom. The molecule has 2 N–H and O–H groups in total. The first kappa shape index (κ1) is 36.7. The molecule has 47 heavy (non-hydrogen) atoms. The van der Waals surface area contributed by atoms with E-state index in [0.717, 1.165) is 33.4 Å². The number of aryl methyl sites for hydroxylation is 4. The predicted molar refractivity (Wildman–Crippen MR) is 205 cm³/mol. The van der Waals surface area contributed by atoms with Crippen LogP contribution >= 0.6 is 11.8 Å². The number of phenols is 2. The number of hydrogen-bond acceptors (Lipinski definition) is 3. The van der Waals surface area contributed by atoms with E-state index >= 15 is 0 Å². The molecule has 0 spiro atoms. The van der Waals surface area contributed by atoms with E-state index in [9.17, 15) is 10.2 Å². The molecule has 0 aliphatic heterocycles. The standard InChI is InChI=1S/C44H58O2S/c1-25-17-29(33-21-31(41(5,6)7)23-35(37(33)45)43(11,12)13)18-26(2)39(25)47-40-27(3)19-30(20-28(40)4)34-22-32(42(8,9)10)24-36(38(34)46)44(14,15)16/h17-24,45-46H,1-16H3. The molecule has 0 saturated heterocycles. The highest BCUT2D eigenvalue weighted by Gasteiger charge is 2.28. The fourth-order valence-electron chi connectivity index (χ4n) is 6.35. The summed E-state index contributed by atoms with van der Waals surface area (Å²) in [6, 6.07) is 17.6. The summed E-state index contributed by atoms with van der Waals surface area (Å²) in [7, 11) is 0. The Bertz CT molecular complexity index is 1650. The van der Waals surface area contributed by atoms with Gasteiger partial charge in [-0.05, 0) is 106 Å². The molecular formula is C44H58O2S. The second-order valence-corrected chi connectivity index (χ2v) is 18.8. The lowest BCUT2D eigenvalue weighted by Crippen LogP contribution is -2.17. The molecule has 2 nitrogen and oxygen atoms in total. The van der Waals surface area contributed by atoms with Crippen molar-refractivity contribution in [3.05, 3.63) is 93.0 Å². The lowest BCUT2D eigenvalue weighted by atomic mass is 9.78. The summed E-state index contributed by atoms with van der Waals surface area (Å²) >= 11 is 1.81. The zero-order valence-corrected chi connectivity index (χ0v) is 32.7. The van der Waals surface area contributed by atoms with Crippen molar-refractivity contribution in [1.82, 2.24) is 0 Å². The summed E-state index contributed by atoms with van der Waals surface area (Å²) in [4.78, 5) is 2.48. The number of phenolic OH excluding ortho intramolecular Hbond substituents is 2. The normalized spacial score (nSPS) is 12.9. The molecule has 4 aromatic carbocycles. The Morgan fingerprint density at radius 3 is 0.915 bits per heavy atom. The molecule has 3 heteroatoms. The van der Waals surface area contributed by atoms with Crippen LogP contribution in [0.5, 0.6) is 11.5 Å². The van der Waals surface area contributed by atoms with Gasteiger partial charge in [0.25, 0.3) is 0 Å². The Balaban J connectivity index is 1.81. The van der Waals surface area contributed by atoms with E-state index in [-0.39, 0.29) is 21.7 Å². The molecule has 0 atom stereocenters. The van der Waals surface area contributed by atoms with Gasteiger partial charge in [0.2, 0.25) is 0 Å². The molecule has 0 aromatic heterocycles. The average molecular weight is 651 g/mol. The number of rotatable bonds is 4. The van der Waals surface area contributed by atoms with Crippen LogP contribution in [0.1, 0.15) is 128 Å². The van der Waals surface area contributed by atoms with Crippen molar-refractivity contribution in [2.24, 2.45) is 0 Å². The zero-order chi connectivity index (χ0) is 35.6. The third-order valence-electron chi connectivity index (χ3n) is 9.31. The summed E-state index contributed by atoms with van der Waals surface area (Å²) in [5.74, 6) is 0.751. The van der Waals surface area contributed by atoms with E-state index in [1.807, 2.05) is 11.8 Å². The van der Waals surface area contributed by atoms with Crippen LogP contribution in [0, 0.1) is 27.7 Å². The van der Waals surface area contributed by atoms with Crippen molar-refractivity contribution in [1.29, 1.82) is 0 Å². The van der Waals surface area contributed by atoms with Gasteiger partial charge in [-0.15, -0.1) is 0 Å². The molecule has 4 aromatic rings. The van der Waals surface area contributed by atoms with Gasteiger partial charge in [-0.25, -0.2) is 0 Å². The van der Waals surface area contributed by atoms with Gasteiger partial charge in [-0.1, -0.05) is 131 Å². The first-order valence-corrected chi connectivity index (χ1v) is 17.8. The van der Waals surface area contributed by atoms with E-state index in [4.69, 9.17) is 0 Å². The van der Waals surface area contributed by atoms with Crippen LogP contribution in [0.3, 0.4) is 0 Å². The summed E-state index contributed by atoms with van der Waals surface area (Å²) in [5.41, 5.74) is 12.6. The Kier molecular flexibility index (Phi) is 9.65. The van der Waals surface area contributed by atoms with Crippen LogP contribution in [-0.2, 0) is 21.7 Å². The minimum absolute atomic E-state index is 0.0390. The smallest absolute Gasteiger partial charge is 0.127 e. The fraction of sp³-hybridized carbons (Fsp3) is 0.455. The molecule has 0 amide bonds. The van der Waals surface area contributed by atoms with Gasteiger partial charge >= 0.3 is 0 Å². The van der Waals surface area contributed by atoms with E-state index in [1.54, 1.807) is 0 Å². The van der Waals surface area contributed by atoms with Gasteiger partial charge in [-0.3, -0.25) is 0 Å². The predicted octanol–water partition coefficient (Wildman–Crippen LogP) is 13.0. The molecule has 4 rings (SSSR count). The van der Waals surface area contributed by atoms with E-state index in [1.165, 1.54) is 43.2 Å². The Hall–Kier alpha value is -3.17. The molecule has 0 fully saturated rings. The molecule has 0 aliphatic carbocycles. The number of hydrogen-bond donors (Lipinski definition) is 2. The van der Waals surface area contributed by atoms with E-state index < -0.39 is 0 Å².